The van der Waals surface area contributed by atoms with E-state index in [-0.39, 0.29) is 11.4 Å². The Morgan fingerprint density at radius 2 is 1.74 bits per heavy atom. The molecule has 0 aromatic heterocycles. The molecule has 1 aromatic rings. The zero-order chi connectivity index (χ0) is 14.5. The monoisotopic (exact) mass is 262 g/mol. The molecule has 19 heavy (non-hydrogen) atoms. The minimum atomic E-state index is -0.298. The highest BCUT2D eigenvalue weighted by atomic mass is 16.1. The summed E-state index contributed by atoms with van der Waals surface area (Å²) in [7, 11) is 0. The summed E-state index contributed by atoms with van der Waals surface area (Å²) in [6.07, 6.45) is 1.71. The molecule has 0 heterocycles. The van der Waals surface area contributed by atoms with Gasteiger partial charge in [-0.2, -0.15) is 0 Å². The minimum absolute atomic E-state index is 0.0490. The topological polar surface area (TPSA) is 55.1 Å². The SMILES string of the molecule is CCC(N)(CC)CNC(=O)c1ccc(C(C)C)cc1. The number of carbonyl (C=O) groups is 1. The van der Waals surface area contributed by atoms with Crippen molar-refractivity contribution in [3.8, 4) is 0 Å². The molecule has 3 N–H and O–H groups in total. The van der Waals surface area contributed by atoms with E-state index < -0.39 is 0 Å². The third-order valence-electron chi connectivity index (χ3n) is 3.85. The summed E-state index contributed by atoms with van der Waals surface area (Å²) < 4.78 is 0. The number of benzene rings is 1. The van der Waals surface area contributed by atoms with Gasteiger partial charge in [0.2, 0.25) is 0 Å². The van der Waals surface area contributed by atoms with Crippen LogP contribution in [0.4, 0.5) is 0 Å². The Kier molecular flexibility index (Phi) is 5.55. The molecule has 3 nitrogen and oxygen atoms in total. The Morgan fingerprint density at radius 1 is 1.21 bits per heavy atom. The van der Waals surface area contributed by atoms with Gasteiger partial charge in [0.1, 0.15) is 0 Å². The van der Waals surface area contributed by atoms with Crippen molar-refractivity contribution in [2.24, 2.45) is 5.73 Å². The summed E-state index contributed by atoms with van der Waals surface area (Å²) in [5, 5.41) is 2.93. The molecule has 0 unspecified atom stereocenters. The minimum Gasteiger partial charge on any atom is -0.350 e. The molecule has 3 heteroatoms. The van der Waals surface area contributed by atoms with E-state index in [0.717, 1.165) is 12.8 Å². The molecule has 1 aromatic carbocycles. The lowest BCUT2D eigenvalue weighted by Crippen LogP contribution is -2.49. The molecule has 0 aliphatic rings. The molecule has 0 atom stereocenters. The first kappa shape index (κ1) is 15.7. The van der Waals surface area contributed by atoms with Crippen molar-refractivity contribution in [1.82, 2.24) is 5.32 Å². The quantitative estimate of drug-likeness (QED) is 0.828. The summed E-state index contributed by atoms with van der Waals surface area (Å²) in [5.74, 6) is 0.431. The lowest BCUT2D eigenvalue weighted by Gasteiger charge is -2.26. The fraction of sp³-hybridized carbons (Fsp3) is 0.562. The Bertz CT molecular complexity index is 405. The maximum Gasteiger partial charge on any atom is 0.251 e. The molecule has 0 saturated heterocycles. The van der Waals surface area contributed by atoms with E-state index in [1.54, 1.807) is 0 Å². The van der Waals surface area contributed by atoms with Crippen LogP contribution in [0.1, 0.15) is 62.4 Å². The predicted octanol–water partition coefficient (Wildman–Crippen LogP) is 3.06. The fourth-order valence-corrected chi connectivity index (χ4v) is 1.88. The molecule has 106 valence electrons. The first-order valence-electron chi connectivity index (χ1n) is 7.09. The molecule has 1 rings (SSSR count). The van der Waals surface area contributed by atoms with E-state index in [0.29, 0.717) is 18.0 Å². The molecule has 0 fully saturated rings. The number of carbonyl (C=O) groups excluding carboxylic acids is 1. The third kappa shape index (κ3) is 4.35. The summed E-state index contributed by atoms with van der Waals surface area (Å²) in [5.41, 5.74) is 7.81. The van der Waals surface area contributed by atoms with Crippen LogP contribution in [0, 0.1) is 0 Å². The van der Waals surface area contributed by atoms with Crippen LogP contribution in [0.5, 0.6) is 0 Å². The maximum absolute atomic E-state index is 12.0. The van der Waals surface area contributed by atoms with Gasteiger partial charge in [-0.1, -0.05) is 39.8 Å². The van der Waals surface area contributed by atoms with Gasteiger partial charge >= 0.3 is 0 Å². The van der Waals surface area contributed by atoms with E-state index >= 15 is 0 Å². The predicted molar refractivity (Wildman–Crippen MR) is 80.4 cm³/mol. The van der Waals surface area contributed by atoms with E-state index in [9.17, 15) is 4.79 Å². The highest BCUT2D eigenvalue weighted by molar-refractivity contribution is 5.94. The highest BCUT2D eigenvalue weighted by Crippen LogP contribution is 2.15. The molecule has 1 amide bonds. The van der Waals surface area contributed by atoms with Crippen molar-refractivity contribution in [2.45, 2.75) is 52.0 Å². The van der Waals surface area contributed by atoms with Crippen molar-refractivity contribution in [1.29, 1.82) is 0 Å². The second kappa shape index (κ2) is 6.71. The van der Waals surface area contributed by atoms with Crippen molar-refractivity contribution in [3.63, 3.8) is 0 Å². The number of hydrogen-bond donors (Lipinski definition) is 2. The first-order valence-corrected chi connectivity index (χ1v) is 7.09. The number of nitrogens with two attached hydrogens (primary N) is 1. The van der Waals surface area contributed by atoms with Crippen molar-refractivity contribution >= 4 is 5.91 Å². The smallest absolute Gasteiger partial charge is 0.251 e. The Labute approximate surface area is 116 Å². The highest BCUT2D eigenvalue weighted by Gasteiger charge is 2.21. The number of nitrogens with one attached hydrogen (secondary N) is 1. The number of rotatable bonds is 6. The van der Waals surface area contributed by atoms with Gasteiger partial charge < -0.3 is 11.1 Å². The number of amides is 1. The second-order valence-electron chi connectivity index (χ2n) is 5.53. The van der Waals surface area contributed by atoms with Crippen LogP contribution in [0.15, 0.2) is 24.3 Å². The molecule has 0 spiro atoms. The third-order valence-corrected chi connectivity index (χ3v) is 3.85. The standard InChI is InChI=1S/C16H26N2O/c1-5-16(17,6-2)11-18-15(19)14-9-7-13(8-10-14)12(3)4/h7-10,12H,5-6,11,17H2,1-4H3,(H,18,19). The van der Waals surface area contributed by atoms with Crippen molar-refractivity contribution in [3.05, 3.63) is 35.4 Å². The molecule has 0 radical (unpaired) electrons. The van der Waals surface area contributed by atoms with Crippen LogP contribution < -0.4 is 11.1 Å². The lowest BCUT2D eigenvalue weighted by molar-refractivity contribution is 0.0942. The maximum atomic E-state index is 12.0. The van der Waals surface area contributed by atoms with Crippen LogP contribution in [0.2, 0.25) is 0 Å². The molecular weight excluding hydrogens is 236 g/mol. The Hall–Kier alpha value is -1.35. The molecular formula is C16H26N2O. The van der Waals surface area contributed by atoms with Gasteiger partial charge in [-0.25, -0.2) is 0 Å². The molecule has 0 aliphatic carbocycles. The van der Waals surface area contributed by atoms with Crippen LogP contribution >= 0.6 is 0 Å². The van der Waals surface area contributed by atoms with E-state index in [2.05, 4.69) is 19.2 Å². The Morgan fingerprint density at radius 3 is 2.16 bits per heavy atom. The van der Waals surface area contributed by atoms with Gasteiger partial charge in [0.25, 0.3) is 5.91 Å². The van der Waals surface area contributed by atoms with Gasteiger partial charge in [0.05, 0.1) is 0 Å². The molecule has 0 bridgehead atoms. The van der Waals surface area contributed by atoms with Crippen molar-refractivity contribution in [2.75, 3.05) is 6.54 Å². The van der Waals surface area contributed by atoms with Gasteiger partial charge in [-0.3, -0.25) is 4.79 Å². The summed E-state index contributed by atoms with van der Waals surface area (Å²) >= 11 is 0. The van der Waals surface area contributed by atoms with Gasteiger partial charge in [-0.05, 0) is 36.5 Å². The fourth-order valence-electron chi connectivity index (χ4n) is 1.88. The summed E-state index contributed by atoms with van der Waals surface area (Å²) in [6, 6.07) is 7.77. The van der Waals surface area contributed by atoms with Gasteiger partial charge in [-0.15, -0.1) is 0 Å². The van der Waals surface area contributed by atoms with E-state index in [4.69, 9.17) is 5.73 Å². The number of hydrogen-bond acceptors (Lipinski definition) is 2. The van der Waals surface area contributed by atoms with Gasteiger partial charge in [0, 0.05) is 17.6 Å². The Balaban J connectivity index is 2.63. The van der Waals surface area contributed by atoms with Crippen molar-refractivity contribution < 1.29 is 4.79 Å². The molecule has 0 saturated carbocycles. The zero-order valence-corrected chi connectivity index (χ0v) is 12.5. The van der Waals surface area contributed by atoms with Crippen LogP contribution in [-0.4, -0.2) is 18.0 Å². The second-order valence-corrected chi connectivity index (χ2v) is 5.53. The van der Waals surface area contributed by atoms with E-state index in [1.807, 2.05) is 38.1 Å². The lowest BCUT2D eigenvalue weighted by atomic mass is 9.94. The largest absolute Gasteiger partial charge is 0.350 e. The average Bonchev–Trinajstić information content (AvgIpc) is 2.44. The van der Waals surface area contributed by atoms with Crippen LogP contribution in [0.25, 0.3) is 0 Å². The van der Waals surface area contributed by atoms with Crippen LogP contribution in [-0.2, 0) is 0 Å². The van der Waals surface area contributed by atoms with E-state index in [1.165, 1.54) is 5.56 Å². The zero-order valence-electron chi connectivity index (χ0n) is 12.5. The normalized spacial score (nSPS) is 11.7. The van der Waals surface area contributed by atoms with Crippen LogP contribution in [0.3, 0.4) is 0 Å². The summed E-state index contributed by atoms with van der Waals surface area (Å²) in [6.45, 7) is 8.89. The molecule has 0 aliphatic heterocycles. The summed E-state index contributed by atoms with van der Waals surface area (Å²) in [4.78, 5) is 12.0. The van der Waals surface area contributed by atoms with Gasteiger partial charge in [0.15, 0.2) is 0 Å². The first-order chi connectivity index (χ1) is 8.91. The average molecular weight is 262 g/mol.